The highest BCUT2D eigenvalue weighted by Crippen LogP contribution is 2.18. The van der Waals surface area contributed by atoms with Crippen molar-refractivity contribution in [1.29, 1.82) is 0 Å². The smallest absolute Gasteiger partial charge is 0.162 e. The van der Waals surface area contributed by atoms with Crippen LogP contribution >= 0.6 is 22.6 Å². The molecule has 1 aromatic carbocycles. The predicted molar refractivity (Wildman–Crippen MR) is 76.3 cm³/mol. The third-order valence-corrected chi connectivity index (χ3v) is 3.85. The maximum atomic E-state index is 11.9. The molecule has 1 aliphatic rings. The summed E-state index contributed by atoms with van der Waals surface area (Å²) in [6.45, 7) is 0.863. The van der Waals surface area contributed by atoms with Crippen molar-refractivity contribution in [3.8, 4) is 0 Å². The van der Waals surface area contributed by atoms with Gasteiger partial charge in [0.05, 0.1) is 6.10 Å². The van der Waals surface area contributed by atoms with Gasteiger partial charge in [-0.25, -0.2) is 0 Å². The minimum absolute atomic E-state index is 0.232. The average molecular weight is 344 g/mol. The summed E-state index contributed by atoms with van der Waals surface area (Å²) in [5, 5.41) is 0. The van der Waals surface area contributed by atoms with Gasteiger partial charge in [0.25, 0.3) is 0 Å². The highest BCUT2D eigenvalue weighted by atomic mass is 127. The largest absolute Gasteiger partial charge is 0.378 e. The normalized spacial score (nSPS) is 20.2. The Morgan fingerprint density at radius 3 is 2.71 bits per heavy atom. The van der Waals surface area contributed by atoms with Crippen LogP contribution in [-0.4, -0.2) is 18.5 Å². The van der Waals surface area contributed by atoms with Crippen molar-refractivity contribution >= 4 is 28.4 Å². The first-order chi connectivity index (χ1) is 8.25. The molecule has 1 fully saturated rings. The number of carbonyl (C=O) groups is 1. The third kappa shape index (κ3) is 4.07. The predicted octanol–water partition coefficient (Wildman–Crippen LogP) is 3.82. The Hall–Kier alpha value is -0.420. The molecule has 92 valence electrons. The Bertz CT molecular complexity index is 366. The van der Waals surface area contributed by atoms with Gasteiger partial charge in [-0.05, 0) is 60.4 Å². The van der Waals surface area contributed by atoms with E-state index in [4.69, 9.17) is 4.74 Å². The zero-order chi connectivity index (χ0) is 12.1. The van der Waals surface area contributed by atoms with E-state index in [0.29, 0.717) is 12.5 Å². The first-order valence-corrected chi connectivity index (χ1v) is 7.24. The first kappa shape index (κ1) is 13.0. The number of hydrogen-bond donors (Lipinski definition) is 0. The molecular formula is C14H17IO2. The summed E-state index contributed by atoms with van der Waals surface area (Å²) >= 11 is 2.25. The molecule has 2 rings (SSSR count). The number of rotatable bonds is 4. The van der Waals surface area contributed by atoms with Crippen molar-refractivity contribution in [3.05, 3.63) is 33.4 Å². The van der Waals surface area contributed by atoms with Crippen LogP contribution in [0.5, 0.6) is 0 Å². The number of hydrogen-bond acceptors (Lipinski definition) is 2. The molecule has 2 nitrogen and oxygen atoms in total. The van der Waals surface area contributed by atoms with E-state index in [1.54, 1.807) is 0 Å². The van der Waals surface area contributed by atoms with Crippen LogP contribution < -0.4 is 0 Å². The summed E-state index contributed by atoms with van der Waals surface area (Å²) < 4.78 is 6.79. The summed E-state index contributed by atoms with van der Waals surface area (Å²) in [5.41, 5.74) is 0.821. The Balaban J connectivity index is 1.82. The van der Waals surface area contributed by atoms with E-state index >= 15 is 0 Å². The van der Waals surface area contributed by atoms with Gasteiger partial charge in [-0.3, -0.25) is 4.79 Å². The lowest BCUT2D eigenvalue weighted by molar-refractivity contribution is 0.0104. The van der Waals surface area contributed by atoms with Gasteiger partial charge in [0.1, 0.15) is 0 Å². The second kappa shape index (κ2) is 6.50. The van der Waals surface area contributed by atoms with Gasteiger partial charge in [0.2, 0.25) is 0 Å². The minimum Gasteiger partial charge on any atom is -0.378 e. The van der Waals surface area contributed by atoms with Crippen molar-refractivity contribution in [2.75, 3.05) is 6.61 Å². The number of ketones is 1. The van der Waals surface area contributed by atoms with Crippen LogP contribution in [0, 0.1) is 3.57 Å². The second-order valence-electron chi connectivity index (χ2n) is 4.46. The van der Waals surface area contributed by atoms with Gasteiger partial charge < -0.3 is 4.74 Å². The number of Topliss-reactive ketones (excluding diaryl/α,β-unsaturated/α-hetero) is 1. The van der Waals surface area contributed by atoms with Gasteiger partial charge >= 0.3 is 0 Å². The van der Waals surface area contributed by atoms with E-state index < -0.39 is 0 Å². The van der Waals surface area contributed by atoms with Crippen LogP contribution in [0.3, 0.4) is 0 Å². The fraction of sp³-hybridized carbons (Fsp3) is 0.500. The molecule has 1 aromatic rings. The average Bonchev–Trinajstić information content (AvgIpc) is 2.38. The highest BCUT2D eigenvalue weighted by molar-refractivity contribution is 14.1. The van der Waals surface area contributed by atoms with Gasteiger partial charge in [0, 0.05) is 22.2 Å². The van der Waals surface area contributed by atoms with Crippen molar-refractivity contribution in [3.63, 3.8) is 0 Å². The summed E-state index contributed by atoms with van der Waals surface area (Å²) in [6, 6.07) is 7.77. The fourth-order valence-corrected chi connectivity index (χ4v) is 2.47. The first-order valence-electron chi connectivity index (χ1n) is 6.16. The minimum atomic E-state index is 0.232. The zero-order valence-electron chi connectivity index (χ0n) is 9.82. The van der Waals surface area contributed by atoms with E-state index in [1.807, 2.05) is 24.3 Å². The third-order valence-electron chi connectivity index (χ3n) is 3.13. The number of carbonyl (C=O) groups excluding carboxylic acids is 1. The molecule has 0 aromatic heterocycles. The molecule has 0 amide bonds. The summed E-state index contributed by atoms with van der Waals surface area (Å²) in [7, 11) is 0. The second-order valence-corrected chi connectivity index (χ2v) is 5.70. The van der Waals surface area contributed by atoms with E-state index in [1.165, 1.54) is 12.8 Å². The lowest BCUT2D eigenvalue weighted by atomic mass is 10.0. The van der Waals surface area contributed by atoms with Crippen LogP contribution in [0.25, 0.3) is 0 Å². The van der Waals surface area contributed by atoms with Crippen molar-refractivity contribution in [1.82, 2.24) is 0 Å². The summed E-state index contributed by atoms with van der Waals surface area (Å²) in [5.74, 6) is 0.232. The standard InChI is InChI=1S/C14H17IO2/c15-12-6-4-11(5-7-12)14(16)9-8-13-3-1-2-10-17-13/h4-7,13H,1-3,8-10H2. The van der Waals surface area contributed by atoms with E-state index in [2.05, 4.69) is 22.6 Å². The SMILES string of the molecule is O=C(CCC1CCCCO1)c1ccc(I)cc1. The van der Waals surface area contributed by atoms with Gasteiger partial charge in [-0.15, -0.1) is 0 Å². The topological polar surface area (TPSA) is 26.3 Å². The van der Waals surface area contributed by atoms with Crippen molar-refractivity contribution in [2.24, 2.45) is 0 Å². The molecule has 3 heteroatoms. The van der Waals surface area contributed by atoms with Crippen molar-refractivity contribution in [2.45, 2.75) is 38.2 Å². The Morgan fingerprint density at radius 2 is 2.06 bits per heavy atom. The zero-order valence-corrected chi connectivity index (χ0v) is 12.0. The molecule has 0 N–H and O–H groups in total. The molecule has 0 spiro atoms. The van der Waals surface area contributed by atoms with Crippen LogP contribution in [0.2, 0.25) is 0 Å². The maximum absolute atomic E-state index is 11.9. The summed E-state index contributed by atoms with van der Waals surface area (Å²) in [4.78, 5) is 11.9. The Morgan fingerprint density at radius 1 is 1.29 bits per heavy atom. The number of halogens is 1. The summed E-state index contributed by atoms with van der Waals surface area (Å²) in [6.07, 6.45) is 5.29. The van der Waals surface area contributed by atoms with E-state index in [-0.39, 0.29) is 5.78 Å². The number of benzene rings is 1. The molecular weight excluding hydrogens is 327 g/mol. The van der Waals surface area contributed by atoms with Gasteiger partial charge in [0.15, 0.2) is 5.78 Å². The highest BCUT2D eigenvalue weighted by Gasteiger charge is 2.15. The molecule has 1 heterocycles. The molecule has 0 radical (unpaired) electrons. The van der Waals surface area contributed by atoms with Gasteiger partial charge in [-0.2, -0.15) is 0 Å². The van der Waals surface area contributed by atoms with Crippen LogP contribution in [0.4, 0.5) is 0 Å². The van der Waals surface area contributed by atoms with Crippen LogP contribution in [0.1, 0.15) is 42.5 Å². The molecule has 0 bridgehead atoms. The molecule has 0 saturated carbocycles. The fourth-order valence-electron chi connectivity index (χ4n) is 2.11. The maximum Gasteiger partial charge on any atom is 0.162 e. The lowest BCUT2D eigenvalue weighted by Gasteiger charge is -2.22. The quantitative estimate of drug-likeness (QED) is 0.613. The van der Waals surface area contributed by atoms with E-state index in [0.717, 1.165) is 28.6 Å². The lowest BCUT2D eigenvalue weighted by Crippen LogP contribution is -2.20. The Labute approximate surface area is 116 Å². The molecule has 1 atom stereocenters. The molecule has 1 saturated heterocycles. The van der Waals surface area contributed by atoms with E-state index in [9.17, 15) is 4.79 Å². The molecule has 1 aliphatic heterocycles. The molecule has 1 unspecified atom stereocenters. The Kier molecular flexibility index (Phi) is 4.98. The monoisotopic (exact) mass is 344 g/mol. The molecule has 0 aliphatic carbocycles. The van der Waals surface area contributed by atoms with Gasteiger partial charge in [-0.1, -0.05) is 12.1 Å². The molecule has 17 heavy (non-hydrogen) atoms. The van der Waals surface area contributed by atoms with Crippen LogP contribution in [0.15, 0.2) is 24.3 Å². The van der Waals surface area contributed by atoms with Crippen LogP contribution in [-0.2, 0) is 4.74 Å². The number of ether oxygens (including phenoxy) is 1. The van der Waals surface area contributed by atoms with Crippen molar-refractivity contribution < 1.29 is 9.53 Å².